The maximum Gasteiger partial charge on any atom is 0.241 e. The Morgan fingerprint density at radius 2 is 2.09 bits per heavy atom. The molecule has 22 heavy (non-hydrogen) atoms. The van der Waals surface area contributed by atoms with E-state index in [0.717, 1.165) is 38.1 Å². The molecule has 124 valence electrons. The van der Waals surface area contributed by atoms with Crippen LogP contribution in [0.2, 0.25) is 0 Å². The Balaban J connectivity index is 2.14. The van der Waals surface area contributed by atoms with Crippen molar-refractivity contribution in [2.75, 3.05) is 33.4 Å². The number of benzene rings is 1. The van der Waals surface area contributed by atoms with Gasteiger partial charge in [0.25, 0.3) is 0 Å². The molecule has 1 aromatic rings. The highest BCUT2D eigenvalue weighted by Crippen LogP contribution is 2.29. The molecule has 0 aromatic heterocycles. The van der Waals surface area contributed by atoms with Crippen LogP contribution in [0.15, 0.2) is 27.6 Å². The summed E-state index contributed by atoms with van der Waals surface area (Å²) in [5, 5.41) is 3.26. The van der Waals surface area contributed by atoms with E-state index in [1.54, 1.807) is 7.11 Å². The van der Waals surface area contributed by atoms with Gasteiger partial charge in [0.05, 0.1) is 11.5 Å². The van der Waals surface area contributed by atoms with Gasteiger partial charge in [0, 0.05) is 23.5 Å². The van der Waals surface area contributed by atoms with Crippen molar-refractivity contribution >= 4 is 26.0 Å². The van der Waals surface area contributed by atoms with E-state index in [1.165, 1.54) is 6.07 Å². The molecule has 0 saturated carbocycles. The molecule has 8 heteroatoms. The van der Waals surface area contributed by atoms with Crippen LogP contribution in [-0.4, -0.2) is 41.8 Å². The molecule has 0 spiro atoms. The van der Waals surface area contributed by atoms with Crippen molar-refractivity contribution in [1.82, 2.24) is 10.0 Å². The van der Waals surface area contributed by atoms with Gasteiger partial charge in [-0.1, -0.05) is 0 Å². The van der Waals surface area contributed by atoms with Crippen LogP contribution in [-0.2, 0) is 14.8 Å². The lowest BCUT2D eigenvalue weighted by Gasteiger charge is -2.37. The number of sulfonamides is 1. The zero-order valence-corrected chi connectivity index (χ0v) is 14.8. The standard InChI is InChI=1S/C14H20BrFN2O3S/c1-21-10-14(4-6-17-7-5-14)9-18-22(19,20)13-3-2-11(16)8-12(13)15/h2-3,8,17-18H,4-7,9-10H2,1H3. The molecule has 0 unspecified atom stereocenters. The summed E-state index contributed by atoms with van der Waals surface area (Å²) in [6.45, 7) is 2.48. The first kappa shape index (κ1) is 17.8. The molecule has 1 fully saturated rings. The largest absolute Gasteiger partial charge is 0.384 e. The number of ether oxygens (including phenoxy) is 1. The summed E-state index contributed by atoms with van der Waals surface area (Å²) in [5.74, 6) is -0.486. The van der Waals surface area contributed by atoms with Gasteiger partial charge in [0.2, 0.25) is 10.0 Å². The summed E-state index contributed by atoms with van der Waals surface area (Å²) in [6.07, 6.45) is 1.68. The number of hydrogen-bond donors (Lipinski definition) is 2. The lowest BCUT2D eigenvalue weighted by Crippen LogP contribution is -2.47. The minimum absolute atomic E-state index is 0.0374. The van der Waals surface area contributed by atoms with E-state index in [4.69, 9.17) is 4.74 Å². The molecule has 2 rings (SSSR count). The number of hydrogen-bond acceptors (Lipinski definition) is 4. The summed E-state index contributed by atoms with van der Waals surface area (Å²) in [6, 6.07) is 3.53. The van der Waals surface area contributed by atoms with Crippen LogP contribution in [0.5, 0.6) is 0 Å². The number of methoxy groups -OCH3 is 1. The Bertz CT molecular complexity index is 613. The maximum absolute atomic E-state index is 13.1. The second-order valence-corrected chi connectivity index (χ2v) is 8.17. The third-order valence-corrected chi connectivity index (χ3v) is 6.31. The van der Waals surface area contributed by atoms with Gasteiger partial charge in [-0.05, 0) is 60.1 Å². The van der Waals surface area contributed by atoms with Crippen LogP contribution in [0.1, 0.15) is 12.8 Å². The third-order valence-electron chi connectivity index (χ3n) is 3.94. The summed E-state index contributed by atoms with van der Waals surface area (Å²) in [7, 11) is -2.08. The first-order valence-corrected chi connectivity index (χ1v) is 9.31. The topological polar surface area (TPSA) is 67.4 Å². The lowest BCUT2D eigenvalue weighted by molar-refractivity contribution is 0.0577. The van der Waals surface area contributed by atoms with E-state index >= 15 is 0 Å². The van der Waals surface area contributed by atoms with Gasteiger partial charge in [-0.25, -0.2) is 17.5 Å². The van der Waals surface area contributed by atoms with Crippen molar-refractivity contribution in [2.24, 2.45) is 5.41 Å². The maximum atomic E-state index is 13.1. The van der Waals surface area contributed by atoms with Gasteiger partial charge in [0.1, 0.15) is 5.82 Å². The lowest BCUT2D eigenvalue weighted by atomic mass is 9.80. The molecule has 1 saturated heterocycles. The molecule has 1 heterocycles. The number of rotatable bonds is 6. The minimum atomic E-state index is -3.70. The molecule has 0 atom stereocenters. The number of nitrogens with one attached hydrogen (secondary N) is 2. The molecule has 0 amide bonds. The first-order valence-electron chi connectivity index (χ1n) is 7.03. The molecule has 1 aromatic carbocycles. The first-order chi connectivity index (χ1) is 10.4. The van der Waals surface area contributed by atoms with Crippen molar-refractivity contribution in [3.63, 3.8) is 0 Å². The van der Waals surface area contributed by atoms with E-state index in [2.05, 4.69) is 26.0 Å². The van der Waals surface area contributed by atoms with Gasteiger partial charge in [-0.3, -0.25) is 0 Å². The molecule has 5 nitrogen and oxygen atoms in total. The second-order valence-electron chi connectivity index (χ2n) is 5.58. The van der Waals surface area contributed by atoms with Crippen molar-refractivity contribution < 1.29 is 17.5 Å². The van der Waals surface area contributed by atoms with E-state index < -0.39 is 15.8 Å². The summed E-state index contributed by atoms with van der Waals surface area (Å²) in [5.41, 5.74) is -0.209. The van der Waals surface area contributed by atoms with Crippen molar-refractivity contribution in [1.29, 1.82) is 0 Å². The summed E-state index contributed by atoms with van der Waals surface area (Å²) in [4.78, 5) is 0.0374. The van der Waals surface area contributed by atoms with E-state index in [0.29, 0.717) is 13.2 Å². The predicted octanol–water partition coefficient (Wildman–Crippen LogP) is 1.88. The molecule has 1 aliphatic heterocycles. The molecular formula is C14H20BrFN2O3S. The zero-order valence-electron chi connectivity index (χ0n) is 12.4. The fraction of sp³-hybridized carbons (Fsp3) is 0.571. The van der Waals surface area contributed by atoms with Crippen LogP contribution in [0.3, 0.4) is 0 Å². The fourth-order valence-corrected chi connectivity index (χ4v) is 4.86. The predicted molar refractivity (Wildman–Crippen MR) is 85.7 cm³/mol. The smallest absolute Gasteiger partial charge is 0.241 e. The van der Waals surface area contributed by atoms with Crippen LogP contribution < -0.4 is 10.0 Å². The summed E-state index contributed by atoms with van der Waals surface area (Å²) >= 11 is 3.10. The monoisotopic (exact) mass is 394 g/mol. The molecule has 1 aliphatic rings. The molecule has 2 N–H and O–H groups in total. The normalized spacial score (nSPS) is 18.3. The number of halogens is 2. The van der Waals surface area contributed by atoms with Crippen LogP contribution >= 0.6 is 15.9 Å². The van der Waals surface area contributed by atoms with Crippen molar-refractivity contribution in [3.8, 4) is 0 Å². The third kappa shape index (κ3) is 4.26. The van der Waals surface area contributed by atoms with Crippen LogP contribution in [0.25, 0.3) is 0 Å². The second kappa shape index (κ2) is 7.35. The van der Waals surface area contributed by atoms with E-state index in [9.17, 15) is 12.8 Å². The van der Waals surface area contributed by atoms with Gasteiger partial charge in [-0.15, -0.1) is 0 Å². The van der Waals surface area contributed by atoms with Gasteiger partial charge < -0.3 is 10.1 Å². The molecular weight excluding hydrogens is 375 g/mol. The molecule has 0 bridgehead atoms. The highest BCUT2D eigenvalue weighted by atomic mass is 79.9. The van der Waals surface area contributed by atoms with E-state index in [-0.39, 0.29) is 14.8 Å². The Labute approximate surface area is 138 Å². The van der Waals surface area contributed by atoms with Crippen LogP contribution in [0, 0.1) is 11.2 Å². The molecule has 0 aliphatic carbocycles. The van der Waals surface area contributed by atoms with E-state index in [1.807, 2.05) is 0 Å². The molecule has 0 radical (unpaired) electrons. The Morgan fingerprint density at radius 3 is 2.68 bits per heavy atom. The van der Waals surface area contributed by atoms with Crippen LogP contribution in [0.4, 0.5) is 4.39 Å². The SMILES string of the molecule is COCC1(CNS(=O)(=O)c2ccc(F)cc2Br)CCNCC1. The quantitative estimate of drug-likeness (QED) is 0.772. The Kier molecular flexibility index (Phi) is 5.95. The van der Waals surface area contributed by atoms with Gasteiger partial charge >= 0.3 is 0 Å². The average Bonchev–Trinajstić information content (AvgIpc) is 2.46. The number of piperidine rings is 1. The van der Waals surface area contributed by atoms with Gasteiger partial charge in [0.15, 0.2) is 0 Å². The highest BCUT2D eigenvalue weighted by Gasteiger charge is 2.33. The minimum Gasteiger partial charge on any atom is -0.384 e. The average molecular weight is 395 g/mol. The Morgan fingerprint density at radius 1 is 1.41 bits per heavy atom. The van der Waals surface area contributed by atoms with Crippen molar-refractivity contribution in [3.05, 3.63) is 28.5 Å². The summed E-state index contributed by atoms with van der Waals surface area (Å²) < 4.78 is 46.1. The highest BCUT2D eigenvalue weighted by molar-refractivity contribution is 9.10. The Hall–Kier alpha value is -0.540. The zero-order chi connectivity index (χ0) is 16.2. The fourth-order valence-electron chi connectivity index (χ4n) is 2.65. The van der Waals surface area contributed by atoms with Gasteiger partial charge in [-0.2, -0.15) is 0 Å². The van der Waals surface area contributed by atoms with Crippen molar-refractivity contribution in [2.45, 2.75) is 17.7 Å².